The number of hydrogen-bond acceptors (Lipinski definition) is 5. The number of ether oxygens (including phenoxy) is 1. The normalized spacial score (nSPS) is 15.4. The number of carboxylic acids is 1. The fourth-order valence-corrected chi connectivity index (χ4v) is 4.69. The molecule has 1 amide bonds. The van der Waals surface area contributed by atoms with Crippen molar-refractivity contribution in [2.24, 2.45) is 4.99 Å². The molecule has 1 saturated heterocycles. The van der Waals surface area contributed by atoms with Crippen molar-refractivity contribution in [2.75, 3.05) is 0 Å². The summed E-state index contributed by atoms with van der Waals surface area (Å²) >= 11 is 1.31. The molecular formula is C30H22N2O4S. The van der Waals surface area contributed by atoms with E-state index in [1.807, 2.05) is 91.0 Å². The van der Waals surface area contributed by atoms with Crippen LogP contribution in [0.15, 0.2) is 119 Å². The van der Waals surface area contributed by atoms with Crippen molar-refractivity contribution in [3.05, 3.63) is 131 Å². The molecule has 0 atom stereocenters. The van der Waals surface area contributed by atoms with Gasteiger partial charge in [0.15, 0.2) is 5.17 Å². The van der Waals surface area contributed by atoms with E-state index in [9.17, 15) is 14.7 Å². The van der Waals surface area contributed by atoms with Crippen molar-refractivity contribution < 1.29 is 19.4 Å². The molecule has 5 rings (SSSR count). The molecule has 0 saturated carbocycles. The second-order valence-corrected chi connectivity index (χ2v) is 9.23. The van der Waals surface area contributed by atoms with Gasteiger partial charge in [-0.3, -0.25) is 9.69 Å². The van der Waals surface area contributed by atoms with Gasteiger partial charge in [-0.1, -0.05) is 60.7 Å². The maximum Gasteiger partial charge on any atom is 0.335 e. The molecule has 1 aliphatic heterocycles. The third kappa shape index (κ3) is 5.97. The monoisotopic (exact) mass is 506 g/mol. The van der Waals surface area contributed by atoms with Crippen LogP contribution in [0.25, 0.3) is 6.08 Å². The van der Waals surface area contributed by atoms with Gasteiger partial charge in [0.1, 0.15) is 11.5 Å². The molecule has 6 nitrogen and oxygen atoms in total. The second kappa shape index (κ2) is 11.0. The smallest absolute Gasteiger partial charge is 0.335 e. The Bertz CT molecular complexity index is 1470. The topological polar surface area (TPSA) is 79.2 Å². The lowest BCUT2D eigenvalue weighted by molar-refractivity contribution is -0.122. The van der Waals surface area contributed by atoms with Crippen LogP contribution in [-0.2, 0) is 11.3 Å². The second-order valence-electron chi connectivity index (χ2n) is 8.22. The van der Waals surface area contributed by atoms with Crippen molar-refractivity contribution in [3.63, 3.8) is 0 Å². The van der Waals surface area contributed by atoms with Gasteiger partial charge < -0.3 is 9.84 Å². The summed E-state index contributed by atoms with van der Waals surface area (Å²) < 4.78 is 5.86. The number of para-hydroxylation sites is 2. The van der Waals surface area contributed by atoms with Crippen LogP contribution in [0.1, 0.15) is 21.5 Å². The Morgan fingerprint density at radius 2 is 1.46 bits per heavy atom. The Balaban J connectivity index is 1.39. The minimum absolute atomic E-state index is 0.161. The van der Waals surface area contributed by atoms with Gasteiger partial charge in [0, 0.05) is 0 Å². The first kappa shape index (κ1) is 24.1. The van der Waals surface area contributed by atoms with Crippen LogP contribution in [0.4, 0.5) is 5.69 Å². The molecule has 1 aliphatic rings. The number of thioether (sulfide) groups is 1. The summed E-state index contributed by atoms with van der Waals surface area (Å²) in [6.45, 7) is 0.276. The van der Waals surface area contributed by atoms with E-state index >= 15 is 0 Å². The van der Waals surface area contributed by atoms with Crippen LogP contribution < -0.4 is 4.74 Å². The summed E-state index contributed by atoms with van der Waals surface area (Å²) in [5.74, 6) is 0.308. The van der Waals surface area contributed by atoms with Crippen molar-refractivity contribution in [2.45, 2.75) is 6.54 Å². The molecule has 0 radical (unpaired) electrons. The standard InChI is InChI=1S/C30H22N2O4S/c33-28-27(19-21-13-17-26(18-14-21)36-25-9-5-2-6-10-25)37-30(31-24-7-3-1-4-8-24)32(28)20-22-11-15-23(16-12-22)29(34)35/h1-19H,20H2,(H,34,35)/b27-19+,31-30?. The van der Waals surface area contributed by atoms with Crippen LogP contribution in [-0.4, -0.2) is 27.1 Å². The molecule has 0 spiro atoms. The van der Waals surface area contributed by atoms with Crippen molar-refractivity contribution in [1.29, 1.82) is 0 Å². The third-order valence-electron chi connectivity index (χ3n) is 5.57. The largest absolute Gasteiger partial charge is 0.478 e. The van der Waals surface area contributed by atoms with E-state index in [-0.39, 0.29) is 18.0 Å². The van der Waals surface area contributed by atoms with E-state index < -0.39 is 5.97 Å². The highest BCUT2D eigenvalue weighted by molar-refractivity contribution is 8.18. The number of carbonyl (C=O) groups excluding carboxylic acids is 1. The first-order valence-corrected chi connectivity index (χ1v) is 12.4. The lowest BCUT2D eigenvalue weighted by Crippen LogP contribution is -2.28. The average molecular weight is 507 g/mol. The van der Waals surface area contributed by atoms with Gasteiger partial charge in [-0.15, -0.1) is 0 Å². The molecule has 4 aromatic carbocycles. The maximum atomic E-state index is 13.4. The Morgan fingerprint density at radius 3 is 2.11 bits per heavy atom. The number of rotatable bonds is 7. The molecule has 1 N–H and O–H groups in total. The zero-order valence-electron chi connectivity index (χ0n) is 19.7. The van der Waals surface area contributed by atoms with Crippen LogP contribution >= 0.6 is 11.8 Å². The number of aromatic carboxylic acids is 1. The minimum atomic E-state index is -0.990. The summed E-state index contributed by atoms with van der Waals surface area (Å²) in [5.41, 5.74) is 2.61. The predicted octanol–water partition coefficient (Wildman–Crippen LogP) is 6.98. The fourth-order valence-electron chi connectivity index (χ4n) is 3.69. The van der Waals surface area contributed by atoms with E-state index in [1.165, 1.54) is 23.9 Å². The summed E-state index contributed by atoms with van der Waals surface area (Å²) in [6.07, 6.45) is 1.84. The molecule has 182 valence electrons. The van der Waals surface area contributed by atoms with E-state index in [4.69, 9.17) is 9.73 Å². The highest BCUT2D eigenvalue weighted by Gasteiger charge is 2.33. The van der Waals surface area contributed by atoms with Crippen LogP contribution in [0, 0.1) is 0 Å². The van der Waals surface area contributed by atoms with Gasteiger partial charge in [-0.25, -0.2) is 9.79 Å². The fraction of sp³-hybridized carbons (Fsp3) is 0.0333. The predicted molar refractivity (Wildman–Crippen MR) is 146 cm³/mol. The minimum Gasteiger partial charge on any atom is -0.478 e. The van der Waals surface area contributed by atoms with E-state index in [0.717, 1.165) is 22.6 Å². The van der Waals surface area contributed by atoms with Crippen molar-refractivity contribution >= 4 is 40.6 Å². The van der Waals surface area contributed by atoms with Gasteiger partial charge >= 0.3 is 5.97 Å². The zero-order chi connectivity index (χ0) is 25.6. The first-order valence-electron chi connectivity index (χ1n) is 11.6. The molecule has 4 aromatic rings. The number of carbonyl (C=O) groups is 2. The van der Waals surface area contributed by atoms with Crippen LogP contribution in [0.3, 0.4) is 0 Å². The quantitative estimate of drug-likeness (QED) is 0.274. The van der Waals surface area contributed by atoms with Crippen molar-refractivity contribution in [1.82, 2.24) is 4.90 Å². The zero-order valence-corrected chi connectivity index (χ0v) is 20.5. The molecule has 1 heterocycles. The van der Waals surface area contributed by atoms with Gasteiger partial charge in [0.2, 0.25) is 0 Å². The highest BCUT2D eigenvalue weighted by atomic mass is 32.2. The number of carboxylic acid groups (broad SMARTS) is 1. The van der Waals surface area contributed by atoms with E-state index in [0.29, 0.717) is 15.8 Å². The first-order chi connectivity index (χ1) is 18.0. The lowest BCUT2D eigenvalue weighted by atomic mass is 10.1. The molecular weight excluding hydrogens is 484 g/mol. The number of nitrogens with zero attached hydrogens (tertiary/aromatic N) is 2. The molecule has 7 heteroatoms. The highest BCUT2D eigenvalue weighted by Crippen LogP contribution is 2.35. The Morgan fingerprint density at radius 1 is 0.838 bits per heavy atom. The van der Waals surface area contributed by atoms with Crippen LogP contribution in [0.5, 0.6) is 11.5 Å². The maximum absolute atomic E-state index is 13.4. The van der Waals surface area contributed by atoms with E-state index in [1.54, 1.807) is 17.0 Å². The number of hydrogen-bond donors (Lipinski definition) is 1. The lowest BCUT2D eigenvalue weighted by Gasteiger charge is -2.16. The third-order valence-corrected chi connectivity index (χ3v) is 6.57. The molecule has 0 unspecified atom stereocenters. The number of amidine groups is 1. The molecule has 37 heavy (non-hydrogen) atoms. The summed E-state index contributed by atoms with van der Waals surface area (Å²) in [4.78, 5) is 31.5. The van der Waals surface area contributed by atoms with Crippen molar-refractivity contribution in [3.8, 4) is 11.5 Å². The number of benzene rings is 4. The Hall–Kier alpha value is -4.62. The summed E-state index contributed by atoms with van der Waals surface area (Å²) in [5, 5.41) is 9.74. The summed E-state index contributed by atoms with van der Waals surface area (Å²) in [7, 11) is 0. The van der Waals surface area contributed by atoms with Gasteiger partial charge in [0.25, 0.3) is 5.91 Å². The number of aliphatic imine (C=N–C) groups is 1. The van der Waals surface area contributed by atoms with Gasteiger partial charge in [-0.2, -0.15) is 0 Å². The molecule has 0 aliphatic carbocycles. The van der Waals surface area contributed by atoms with Gasteiger partial charge in [0.05, 0.1) is 22.7 Å². The average Bonchev–Trinajstić information content (AvgIpc) is 3.20. The van der Waals surface area contributed by atoms with Crippen LogP contribution in [0.2, 0.25) is 0 Å². The van der Waals surface area contributed by atoms with Gasteiger partial charge in [-0.05, 0) is 77.5 Å². The molecule has 0 bridgehead atoms. The summed E-state index contributed by atoms with van der Waals surface area (Å²) in [6, 6.07) is 33.0. The molecule has 0 aromatic heterocycles. The van der Waals surface area contributed by atoms with E-state index in [2.05, 4.69) is 0 Å². The Labute approximate surface area is 218 Å². The SMILES string of the molecule is O=C(O)c1ccc(CN2C(=O)/C(=C\c3ccc(Oc4ccccc4)cc3)SC2=Nc2ccccc2)cc1. The number of amides is 1. The Kier molecular flexibility index (Phi) is 7.14. The molecule has 1 fully saturated rings.